The van der Waals surface area contributed by atoms with Crippen molar-refractivity contribution < 1.29 is 0 Å². The van der Waals surface area contributed by atoms with Crippen LogP contribution < -0.4 is 10.6 Å². The molecule has 2 aliphatic rings. The molecule has 0 spiro atoms. The number of hydrogen-bond acceptors (Lipinski definition) is 4. The molecule has 4 rings (SSSR count). The number of aryl methyl sites for hydroxylation is 2. The van der Waals surface area contributed by atoms with Crippen molar-refractivity contribution in [3.8, 4) is 0 Å². The second-order valence-corrected chi connectivity index (χ2v) is 6.62. The zero-order chi connectivity index (χ0) is 15.1. The van der Waals surface area contributed by atoms with Crippen LogP contribution in [0.2, 0.25) is 0 Å². The van der Waals surface area contributed by atoms with E-state index in [-0.39, 0.29) is 0 Å². The predicted octanol–water partition coefficient (Wildman–Crippen LogP) is 1.63. The summed E-state index contributed by atoms with van der Waals surface area (Å²) in [6, 6.07) is 2.57. The minimum atomic E-state index is 0.457. The first-order valence-electron chi connectivity index (χ1n) is 8.23. The van der Waals surface area contributed by atoms with Gasteiger partial charge in [-0.25, -0.2) is 4.68 Å². The highest BCUT2D eigenvalue weighted by molar-refractivity contribution is 5.38. The van der Waals surface area contributed by atoms with Crippen LogP contribution in [0.4, 0.5) is 5.82 Å². The van der Waals surface area contributed by atoms with Crippen molar-refractivity contribution in [2.75, 3.05) is 18.4 Å². The Morgan fingerprint density at radius 1 is 1.45 bits per heavy atom. The Bertz CT molecular complexity index is 670. The van der Waals surface area contributed by atoms with E-state index in [1.54, 1.807) is 0 Å². The third-order valence-corrected chi connectivity index (χ3v) is 4.93. The summed E-state index contributed by atoms with van der Waals surface area (Å²) in [5, 5.41) is 16.2. The highest BCUT2D eigenvalue weighted by Crippen LogP contribution is 2.29. The van der Waals surface area contributed by atoms with E-state index in [0.717, 1.165) is 37.6 Å². The van der Waals surface area contributed by atoms with Gasteiger partial charge in [-0.2, -0.15) is 10.2 Å². The van der Waals surface area contributed by atoms with Gasteiger partial charge in [0.2, 0.25) is 0 Å². The molecule has 2 aromatic rings. The maximum absolute atomic E-state index is 4.55. The summed E-state index contributed by atoms with van der Waals surface area (Å²) in [4.78, 5) is 0. The quantitative estimate of drug-likeness (QED) is 0.904. The van der Waals surface area contributed by atoms with Crippen molar-refractivity contribution in [2.45, 2.75) is 38.8 Å². The van der Waals surface area contributed by atoms with Crippen molar-refractivity contribution >= 4 is 5.82 Å². The molecule has 6 nitrogen and oxygen atoms in total. The molecule has 2 N–H and O–H groups in total. The summed E-state index contributed by atoms with van der Waals surface area (Å²) in [5.41, 5.74) is 3.88. The zero-order valence-electron chi connectivity index (χ0n) is 13.3. The number of nitrogens with one attached hydrogen (secondary N) is 2. The molecule has 6 heteroatoms. The second-order valence-electron chi connectivity index (χ2n) is 6.62. The SMILES string of the molecule is Cc1cc2n(n1)C[C@@H](CN[C@@H]1CCCc3c1cnn3C)CN2. The fourth-order valence-electron chi connectivity index (χ4n) is 3.75. The average Bonchev–Trinajstić information content (AvgIpc) is 3.07. The monoisotopic (exact) mass is 300 g/mol. The zero-order valence-corrected chi connectivity index (χ0v) is 13.3. The van der Waals surface area contributed by atoms with Gasteiger partial charge < -0.3 is 10.6 Å². The number of aromatic nitrogens is 4. The Kier molecular flexibility index (Phi) is 3.41. The second kappa shape index (κ2) is 5.43. The number of fused-ring (bicyclic) bond motifs is 2. The third-order valence-electron chi connectivity index (χ3n) is 4.93. The molecule has 0 amide bonds. The Balaban J connectivity index is 1.40. The first kappa shape index (κ1) is 13.8. The molecular weight excluding hydrogens is 276 g/mol. The molecule has 3 heterocycles. The van der Waals surface area contributed by atoms with Crippen LogP contribution in [-0.2, 0) is 20.0 Å². The lowest BCUT2D eigenvalue weighted by Crippen LogP contribution is -2.37. The molecule has 0 unspecified atom stereocenters. The van der Waals surface area contributed by atoms with Gasteiger partial charge in [-0.3, -0.25) is 4.68 Å². The minimum Gasteiger partial charge on any atom is -0.370 e. The Labute approximate surface area is 130 Å². The van der Waals surface area contributed by atoms with Crippen LogP contribution >= 0.6 is 0 Å². The van der Waals surface area contributed by atoms with Crippen LogP contribution in [0.25, 0.3) is 0 Å². The summed E-state index contributed by atoms with van der Waals surface area (Å²) in [7, 11) is 2.05. The normalized spacial score (nSPS) is 23.7. The van der Waals surface area contributed by atoms with Gasteiger partial charge in [-0.05, 0) is 26.2 Å². The molecule has 22 heavy (non-hydrogen) atoms. The van der Waals surface area contributed by atoms with Crippen LogP contribution in [0.5, 0.6) is 0 Å². The first-order chi connectivity index (χ1) is 10.7. The average molecular weight is 300 g/mol. The van der Waals surface area contributed by atoms with E-state index in [0.29, 0.717) is 12.0 Å². The van der Waals surface area contributed by atoms with Crippen LogP contribution in [0.15, 0.2) is 12.3 Å². The highest BCUT2D eigenvalue weighted by atomic mass is 15.3. The van der Waals surface area contributed by atoms with Crippen LogP contribution in [0, 0.1) is 12.8 Å². The van der Waals surface area contributed by atoms with E-state index in [9.17, 15) is 0 Å². The minimum absolute atomic E-state index is 0.457. The van der Waals surface area contributed by atoms with E-state index in [1.807, 2.05) is 24.9 Å². The van der Waals surface area contributed by atoms with Gasteiger partial charge in [0.05, 0.1) is 11.9 Å². The molecule has 0 fully saturated rings. The summed E-state index contributed by atoms with van der Waals surface area (Å²) in [6.45, 7) is 5.08. The molecule has 2 aromatic heterocycles. The number of anilines is 1. The molecule has 0 saturated heterocycles. The number of rotatable bonds is 3. The van der Waals surface area contributed by atoms with Crippen LogP contribution in [0.1, 0.15) is 35.8 Å². The van der Waals surface area contributed by atoms with Crippen molar-refractivity contribution in [3.05, 3.63) is 29.2 Å². The molecule has 0 aromatic carbocycles. The van der Waals surface area contributed by atoms with Gasteiger partial charge in [-0.15, -0.1) is 0 Å². The van der Waals surface area contributed by atoms with Gasteiger partial charge in [0, 0.05) is 56.0 Å². The standard InChI is InChI=1S/C16H24N6/c1-11-6-16-18-8-12(10-22(16)20-11)7-17-14-4-3-5-15-13(14)9-19-21(15)2/h6,9,12,14,17-18H,3-5,7-8,10H2,1-2H3/t12-,14+/m0/s1. The summed E-state index contributed by atoms with van der Waals surface area (Å²) < 4.78 is 4.13. The van der Waals surface area contributed by atoms with Crippen molar-refractivity contribution in [1.29, 1.82) is 0 Å². The van der Waals surface area contributed by atoms with Crippen LogP contribution in [-0.4, -0.2) is 32.7 Å². The van der Waals surface area contributed by atoms with E-state index < -0.39 is 0 Å². The van der Waals surface area contributed by atoms with Gasteiger partial charge in [-0.1, -0.05) is 0 Å². The molecule has 0 bridgehead atoms. The lowest BCUT2D eigenvalue weighted by Gasteiger charge is -2.29. The number of nitrogens with zero attached hydrogens (tertiary/aromatic N) is 4. The van der Waals surface area contributed by atoms with Gasteiger partial charge in [0.25, 0.3) is 0 Å². The summed E-state index contributed by atoms with van der Waals surface area (Å²) in [5.74, 6) is 1.73. The third kappa shape index (κ3) is 2.41. The molecule has 1 aliphatic carbocycles. The van der Waals surface area contributed by atoms with Gasteiger partial charge in [0.15, 0.2) is 0 Å². The maximum atomic E-state index is 4.55. The molecular formula is C16H24N6. The topological polar surface area (TPSA) is 59.7 Å². The summed E-state index contributed by atoms with van der Waals surface area (Å²) >= 11 is 0. The van der Waals surface area contributed by atoms with E-state index in [2.05, 4.69) is 31.6 Å². The Hall–Kier alpha value is -1.82. The maximum Gasteiger partial charge on any atom is 0.124 e. The van der Waals surface area contributed by atoms with Crippen LogP contribution in [0.3, 0.4) is 0 Å². The highest BCUT2D eigenvalue weighted by Gasteiger charge is 2.25. The fourth-order valence-corrected chi connectivity index (χ4v) is 3.75. The molecule has 0 radical (unpaired) electrons. The Morgan fingerprint density at radius 3 is 3.27 bits per heavy atom. The van der Waals surface area contributed by atoms with Gasteiger partial charge >= 0.3 is 0 Å². The Morgan fingerprint density at radius 2 is 2.36 bits per heavy atom. The molecule has 0 saturated carbocycles. The summed E-state index contributed by atoms with van der Waals surface area (Å²) in [6.07, 6.45) is 5.66. The van der Waals surface area contributed by atoms with Crippen molar-refractivity contribution in [3.63, 3.8) is 0 Å². The fraction of sp³-hybridized carbons (Fsp3) is 0.625. The van der Waals surface area contributed by atoms with E-state index in [4.69, 9.17) is 0 Å². The smallest absolute Gasteiger partial charge is 0.124 e. The van der Waals surface area contributed by atoms with E-state index in [1.165, 1.54) is 24.1 Å². The predicted molar refractivity (Wildman–Crippen MR) is 85.8 cm³/mol. The lowest BCUT2D eigenvalue weighted by molar-refractivity contribution is 0.354. The first-order valence-corrected chi connectivity index (χ1v) is 8.23. The molecule has 118 valence electrons. The lowest BCUT2D eigenvalue weighted by atomic mass is 9.92. The molecule has 2 atom stereocenters. The van der Waals surface area contributed by atoms with Crippen molar-refractivity contribution in [1.82, 2.24) is 24.9 Å². The largest absolute Gasteiger partial charge is 0.370 e. The van der Waals surface area contributed by atoms with Crippen molar-refractivity contribution in [2.24, 2.45) is 13.0 Å². The number of hydrogen-bond donors (Lipinski definition) is 2. The molecule has 1 aliphatic heterocycles. The van der Waals surface area contributed by atoms with E-state index >= 15 is 0 Å². The van der Waals surface area contributed by atoms with Gasteiger partial charge in [0.1, 0.15) is 5.82 Å².